The van der Waals surface area contributed by atoms with Crippen LogP contribution in [0.3, 0.4) is 0 Å². The topological polar surface area (TPSA) is 46.2 Å². The number of nitrogens with one attached hydrogen (secondary N) is 1. The number of halogens is 1. The summed E-state index contributed by atoms with van der Waals surface area (Å²) in [5.74, 6) is 0.758. The summed E-state index contributed by atoms with van der Waals surface area (Å²) in [6.45, 7) is 6.89. The molecule has 0 aliphatic rings. The van der Waals surface area contributed by atoms with Crippen molar-refractivity contribution in [1.29, 1.82) is 0 Å². The molecule has 1 rings (SSSR count). The molecule has 1 heterocycles. The fourth-order valence-corrected chi connectivity index (χ4v) is 5.22. The molecule has 3 nitrogen and oxygen atoms in total. The first-order chi connectivity index (χ1) is 9.33. The molecule has 0 aromatic carbocycles. The molecule has 1 N–H and O–H groups in total. The fraction of sp³-hybridized carbons (Fsp3) is 0.714. The lowest BCUT2D eigenvalue weighted by molar-refractivity contribution is 0.517. The molecule has 6 heteroatoms. The smallest absolute Gasteiger partial charge is 0.210 e. The molecule has 0 aliphatic heterocycles. The van der Waals surface area contributed by atoms with Crippen molar-refractivity contribution < 1.29 is 8.42 Å². The third-order valence-electron chi connectivity index (χ3n) is 3.10. The van der Waals surface area contributed by atoms with Gasteiger partial charge < -0.3 is 0 Å². The van der Waals surface area contributed by atoms with Gasteiger partial charge >= 0.3 is 0 Å². The molecule has 0 saturated heterocycles. The van der Waals surface area contributed by atoms with E-state index in [-0.39, 0.29) is 0 Å². The molecule has 0 spiro atoms. The molecule has 0 atom stereocenters. The normalized spacial score (nSPS) is 12.2. The number of hydrogen-bond donors (Lipinski definition) is 1. The molecule has 0 bridgehead atoms. The van der Waals surface area contributed by atoms with E-state index in [0.717, 1.165) is 28.1 Å². The first-order valence-electron chi connectivity index (χ1n) is 7.08. The minimum atomic E-state index is -3.33. The number of unbranched alkanes of at least 4 members (excludes halogenated alkanes) is 3. The average molecular weight is 382 g/mol. The lowest BCUT2D eigenvalue weighted by atomic mass is 10.0. The van der Waals surface area contributed by atoms with Crippen molar-refractivity contribution in [3.63, 3.8) is 0 Å². The minimum absolute atomic E-state index is 0.390. The maximum absolute atomic E-state index is 12.1. The third-order valence-corrected chi connectivity index (χ3v) is 7.17. The van der Waals surface area contributed by atoms with Gasteiger partial charge in [0.25, 0.3) is 0 Å². The predicted octanol–water partition coefficient (Wildman–Crippen LogP) is 4.70. The molecular weight excluding hydrogens is 358 g/mol. The Morgan fingerprint density at radius 2 is 1.90 bits per heavy atom. The van der Waals surface area contributed by atoms with E-state index in [1.165, 1.54) is 30.6 Å². The molecule has 1 aromatic rings. The zero-order valence-electron chi connectivity index (χ0n) is 12.4. The van der Waals surface area contributed by atoms with Crippen molar-refractivity contribution in [3.05, 3.63) is 15.4 Å². The zero-order valence-corrected chi connectivity index (χ0v) is 15.6. The van der Waals surface area contributed by atoms with Crippen molar-refractivity contribution in [3.8, 4) is 0 Å². The van der Waals surface area contributed by atoms with Gasteiger partial charge in [-0.3, -0.25) is 0 Å². The molecular formula is C14H24BrNO2S2. The summed E-state index contributed by atoms with van der Waals surface area (Å²) in [7, 11) is -3.33. The van der Waals surface area contributed by atoms with Crippen molar-refractivity contribution in [1.82, 2.24) is 4.72 Å². The van der Waals surface area contributed by atoms with Crippen LogP contribution in [0.25, 0.3) is 0 Å². The van der Waals surface area contributed by atoms with Crippen LogP contribution in [-0.4, -0.2) is 15.0 Å². The highest BCUT2D eigenvalue weighted by Gasteiger charge is 2.17. The molecule has 1 aromatic heterocycles. The zero-order chi connectivity index (χ0) is 15.2. The predicted molar refractivity (Wildman–Crippen MR) is 89.9 cm³/mol. The molecule has 0 radical (unpaired) electrons. The van der Waals surface area contributed by atoms with E-state index in [0.29, 0.717) is 10.8 Å². The van der Waals surface area contributed by atoms with Gasteiger partial charge in [-0.1, -0.05) is 39.5 Å². The van der Waals surface area contributed by atoms with Gasteiger partial charge in [-0.2, -0.15) is 0 Å². The van der Waals surface area contributed by atoms with E-state index >= 15 is 0 Å². The van der Waals surface area contributed by atoms with Crippen LogP contribution in [0.2, 0.25) is 0 Å². The summed E-state index contributed by atoms with van der Waals surface area (Å²) in [5.41, 5.74) is 0.962. The van der Waals surface area contributed by atoms with Crippen LogP contribution in [-0.2, 0) is 10.0 Å². The summed E-state index contributed by atoms with van der Waals surface area (Å²) in [6.07, 6.45) is 5.67. The largest absolute Gasteiger partial charge is 0.250 e. The summed E-state index contributed by atoms with van der Waals surface area (Å²) in [4.78, 5) is 0. The third kappa shape index (κ3) is 6.24. The fourth-order valence-electron chi connectivity index (χ4n) is 1.87. The maximum Gasteiger partial charge on any atom is 0.250 e. The van der Waals surface area contributed by atoms with E-state index in [4.69, 9.17) is 0 Å². The highest BCUT2D eigenvalue weighted by atomic mass is 79.9. The van der Waals surface area contributed by atoms with Gasteiger partial charge in [0.2, 0.25) is 10.0 Å². The highest BCUT2D eigenvalue weighted by Crippen LogP contribution is 2.30. The van der Waals surface area contributed by atoms with Gasteiger partial charge in [-0.25, -0.2) is 13.1 Å². The van der Waals surface area contributed by atoms with Crippen LogP contribution in [0.5, 0.6) is 0 Å². The van der Waals surface area contributed by atoms with E-state index in [1.807, 2.05) is 6.92 Å². The van der Waals surface area contributed by atoms with Crippen molar-refractivity contribution in [2.75, 3.05) is 6.54 Å². The molecule has 0 saturated carbocycles. The van der Waals surface area contributed by atoms with Crippen molar-refractivity contribution in [2.24, 2.45) is 5.92 Å². The Balaban J connectivity index is 2.27. The number of rotatable bonds is 9. The quantitative estimate of drug-likeness (QED) is 0.629. The lowest BCUT2D eigenvalue weighted by Crippen LogP contribution is -2.23. The maximum atomic E-state index is 12.1. The van der Waals surface area contributed by atoms with Crippen LogP contribution in [0, 0.1) is 12.8 Å². The van der Waals surface area contributed by atoms with E-state index < -0.39 is 10.0 Å². The van der Waals surface area contributed by atoms with Gasteiger partial charge in [-0.15, -0.1) is 11.3 Å². The Bertz CT molecular complexity index is 490. The van der Waals surface area contributed by atoms with Gasteiger partial charge in [0.15, 0.2) is 0 Å². The molecule has 0 amide bonds. The molecule has 0 aliphatic carbocycles. The Morgan fingerprint density at radius 1 is 1.25 bits per heavy atom. The van der Waals surface area contributed by atoms with Crippen LogP contribution in [0.4, 0.5) is 0 Å². The van der Waals surface area contributed by atoms with Gasteiger partial charge in [0, 0.05) is 6.54 Å². The number of sulfonamides is 1. The summed E-state index contributed by atoms with van der Waals surface area (Å²) in [6, 6.07) is 1.71. The highest BCUT2D eigenvalue weighted by molar-refractivity contribution is 9.11. The van der Waals surface area contributed by atoms with Crippen molar-refractivity contribution >= 4 is 37.3 Å². The Labute approximate surface area is 135 Å². The van der Waals surface area contributed by atoms with Crippen LogP contribution in [0.15, 0.2) is 14.1 Å². The summed E-state index contributed by atoms with van der Waals surface area (Å²) in [5, 5.41) is 0. The number of aryl methyl sites for hydroxylation is 1. The number of thiophene rings is 1. The van der Waals surface area contributed by atoms with Crippen molar-refractivity contribution in [2.45, 2.75) is 57.1 Å². The molecule has 0 unspecified atom stereocenters. The SMILES string of the molecule is Cc1cc(S(=O)(=O)NCCCCCCC(C)C)sc1Br. The standard InChI is InChI=1S/C14H24BrNO2S2/c1-11(2)8-6-4-5-7-9-16-20(17,18)13-10-12(3)14(15)19-13/h10-11,16H,4-9H2,1-3H3. The van der Waals surface area contributed by atoms with Gasteiger partial charge in [0.05, 0.1) is 3.79 Å². The second-order valence-electron chi connectivity index (χ2n) is 5.52. The molecule has 116 valence electrons. The summed E-state index contributed by atoms with van der Waals surface area (Å²) < 4.78 is 28.1. The first-order valence-corrected chi connectivity index (χ1v) is 10.2. The number of hydrogen-bond acceptors (Lipinski definition) is 3. The molecule has 20 heavy (non-hydrogen) atoms. The van der Waals surface area contributed by atoms with Gasteiger partial charge in [0.1, 0.15) is 4.21 Å². The van der Waals surface area contributed by atoms with Gasteiger partial charge in [-0.05, 0) is 46.8 Å². The lowest BCUT2D eigenvalue weighted by Gasteiger charge is -2.06. The second kappa shape index (κ2) is 8.51. The molecule has 0 fully saturated rings. The van der Waals surface area contributed by atoms with E-state index in [1.54, 1.807) is 6.07 Å². The van der Waals surface area contributed by atoms with Crippen LogP contribution < -0.4 is 4.72 Å². The Morgan fingerprint density at radius 3 is 2.45 bits per heavy atom. The van der Waals surface area contributed by atoms with Crippen LogP contribution >= 0.6 is 27.3 Å². The van der Waals surface area contributed by atoms with E-state index in [2.05, 4.69) is 34.5 Å². The monoisotopic (exact) mass is 381 g/mol. The van der Waals surface area contributed by atoms with Crippen LogP contribution in [0.1, 0.15) is 51.5 Å². The van der Waals surface area contributed by atoms with E-state index in [9.17, 15) is 8.42 Å². The minimum Gasteiger partial charge on any atom is -0.210 e. The Hall–Kier alpha value is 0.0900. The first kappa shape index (κ1) is 18.1. The second-order valence-corrected chi connectivity index (χ2v) is 9.88. The summed E-state index contributed by atoms with van der Waals surface area (Å²) >= 11 is 4.62. The Kier molecular flexibility index (Phi) is 7.72. The average Bonchev–Trinajstić information content (AvgIpc) is 2.69.